The molecule has 0 atom stereocenters. The molecule has 0 fully saturated rings. The molecule has 0 aliphatic heterocycles. The van der Waals surface area contributed by atoms with Crippen molar-refractivity contribution in [1.29, 1.82) is 0 Å². The lowest BCUT2D eigenvalue weighted by molar-refractivity contribution is -0.145. The second-order valence-corrected chi connectivity index (χ2v) is 12.7. The minimum absolute atomic E-state index is 0.135. The van der Waals surface area contributed by atoms with Gasteiger partial charge in [-0.15, -0.1) is 0 Å². The molecule has 0 aliphatic carbocycles. The molecule has 0 N–H and O–H groups in total. The van der Waals surface area contributed by atoms with E-state index < -0.39 is 0 Å². The maximum Gasteiger partial charge on any atom is 0.307 e. The first kappa shape index (κ1) is 52.5. The van der Waals surface area contributed by atoms with Crippen molar-refractivity contribution in [2.75, 3.05) is 146 Å². The Kier molecular flexibility index (Phi) is 46.4. The molecule has 54 heavy (non-hydrogen) atoms. The molecule has 0 spiro atoms. The molecule has 0 radical (unpaired) electrons. The zero-order chi connectivity index (χ0) is 39.1. The van der Waals surface area contributed by atoms with Crippen LogP contribution in [-0.4, -0.2) is 158 Å². The average molecular weight is 783 g/mol. The Hall–Kier alpha value is -1.46. The molecule has 0 bridgehead atoms. The van der Waals surface area contributed by atoms with Crippen molar-refractivity contribution in [3.05, 3.63) is 0 Å². The predicted octanol–water partition coefficient (Wildman–Crippen LogP) is 5.74. The first-order valence-corrected chi connectivity index (χ1v) is 20.7. The summed E-state index contributed by atoms with van der Waals surface area (Å²) in [5.41, 5.74) is 0. The van der Waals surface area contributed by atoms with Crippen LogP contribution in [0.5, 0.6) is 0 Å². The van der Waals surface area contributed by atoms with E-state index in [0.29, 0.717) is 139 Å². The largest absolute Gasteiger partial charge is 0.469 e. The minimum Gasteiger partial charge on any atom is -0.469 e. The number of unbranched alkanes of at least 4 members (excludes halogenated alkanes) is 12. The van der Waals surface area contributed by atoms with Gasteiger partial charge < -0.3 is 56.8 Å². The number of carbonyl (C=O) groups excluding carboxylic acids is 2. The van der Waals surface area contributed by atoms with E-state index in [9.17, 15) is 9.59 Å². The van der Waals surface area contributed by atoms with Crippen molar-refractivity contribution in [2.45, 2.75) is 103 Å². The molecule has 0 aromatic rings. The van der Waals surface area contributed by atoms with Crippen molar-refractivity contribution in [2.24, 2.45) is 0 Å². The smallest absolute Gasteiger partial charge is 0.307 e. The quantitative estimate of drug-likeness (QED) is 0.0547. The SMILES string of the molecule is CCCCCCCCCCCCCCCC(=O)OCCOCCOCCOCCOCCOCCOCCOCCOCCOCCOCCC(=O)OC. The van der Waals surface area contributed by atoms with Crippen LogP contribution in [0.1, 0.15) is 103 Å². The van der Waals surface area contributed by atoms with Gasteiger partial charge in [0.15, 0.2) is 0 Å². The van der Waals surface area contributed by atoms with Gasteiger partial charge in [-0.1, -0.05) is 84.0 Å². The Bertz CT molecular complexity index is 745. The standard InChI is InChI=1S/C40H78O14/c1-3-4-5-6-7-8-9-10-11-12-13-14-15-16-40(42)54-38-37-53-36-35-52-34-33-51-32-31-50-30-29-49-28-27-48-26-25-47-24-23-46-22-21-45-20-19-44-18-17-39(41)43-2/h3-38H2,1-2H3. The summed E-state index contributed by atoms with van der Waals surface area (Å²) in [7, 11) is 1.35. The van der Waals surface area contributed by atoms with Crippen LogP contribution in [-0.2, 0) is 66.4 Å². The number of ether oxygens (including phenoxy) is 12. The molecule has 0 aromatic heterocycles. The molecule has 14 heteroatoms. The number of carbonyl (C=O) groups is 2. The van der Waals surface area contributed by atoms with E-state index in [1.54, 1.807) is 0 Å². The van der Waals surface area contributed by atoms with Gasteiger partial charge >= 0.3 is 11.9 Å². The van der Waals surface area contributed by atoms with Crippen LogP contribution in [0.2, 0.25) is 0 Å². The molecule has 0 unspecified atom stereocenters. The topological polar surface area (TPSA) is 145 Å². The molecule has 322 valence electrons. The van der Waals surface area contributed by atoms with Gasteiger partial charge in [-0.3, -0.25) is 9.59 Å². The lowest BCUT2D eigenvalue weighted by Crippen LogP contribution is -2.15. The van der Waals surface area contributed by atoms with Crippen molar-refractivity contribution >= 4 is 11.9 Å². The summed E-state index contributed by atoms with van der Waals surface area (Å²) in [5.74, 6) is -0.422. The van der Waals surface area contributed by atoms with Crippen LogP contribution >= 0.6 is 0 Å². The second kappa shape index (κ2) is 47.7. The Morgan fingerprint density at radius 1 is 0.296 bits per heavy atom. The Balaban J connectivity index is 3.13. The number of methoxy groups -OCH3 is 1. The molecule has 0 amide bonds. The summed E-state index contributed by atoms with van der Waals surface area (Å²) < 4.78 is 64.2. The fourth-order valence-corrected chi connectivity index (χ4v) is 4.91. The zero-order valence-corrected chi connectivity index (χ0v) is 34.2. The monoisotopic (exact) mass is 783 g/mol. The molecule has 0 aromatic carbocycles. The van der Waals surface area contributed by atoms with Gasteiger partial charge in [0.05, 0.1) is 146 Å². The van der Waals surface area contributed by atoms with E-state index in [1.807, 2.05) is 0 Å². The number of rotatable bonds is 47. The third-order valence-electron chi connectivity index (χ3n) is 8.00. The lowest BCUT2D eigenvalue weighted by Gasteiger charge is -2.09. The second-order valence-electron chi connectivity index (χ2n) is 12.7. The molecule has 0 saturated carbocycles. The average Bonchev–Trinajstić information content (AvgIpc) is 3.18. The molecule has 0 aliphatic rings. The van der Waals surface area contributed by atoms with E-state index in [4.69, 9.17) is 52.1 Å². The van der Waals surface area contributed by atoms with Gasteiger partial charge in [-0.05, 0) is 6.42 Å². The molecule has 0 rings (SSSR count). The van der Waals surface area contributed by atoms with Crippen molar-refractivity contribution in [3.8, 4) is 0 Å². The van der Waals surface area contributed by atoms with Crippen molar-refractivity contribution in [1.82, 2.24) is 0 Å². The van der Waals surface area contributed by atoms with Gasteiger partial charge in [0.2, 0.25) is 0 Å². The zero-order valence-electron chi connectivity index (χ0n) is 34.2. The number of esters is 2. The van der Waals surface area contributed by atoms with Crippen LogP contribution in [0, 0.1) is 0 Å². The van der Waals surface area contributed by atoms with Gasteiger partial charge in [0.25, 0.3) is 0 Å². The number of hydrogen-bond donors (Lipinski definition) is 0. The van der Waals surface area contributed by atoms with Gasteiger partial charge in [0.1, 0.15) is 6.61 Å². The summed E-state index contributed by atoms with van der Waals surface area (Å²) in [6.07, 6.45) is 17.5. The summed E-state index contributed by atoms with van der Waals surface area (Å²) in [6, 6.07) is 0. The maximum atomic E-state index is 11.9. The van der Waals surface area contributed by atoms with E-state index in [-0.39, 0.29) is 25.0 Å². The Morgan fingerprint density at radius 2 is 0.556 bits per heavy atom. The molecule has 0 heterocycles. The van der Waals surface area contributed by atoms with Crippen LogP contribution in [0.25, 0.3) is 0 Å². The van der Waals surface area contributed by atoms with E-state index >= 15 is 0 Å². The van der Waals surface area contributed by atoms with E-state index in [2.05, 4.69) is 11.7 Å². The van der Waals surface area contributed by atoms with Crippen molar-refractivity contribution < 1.29 is 66.4 Å². The van der Waals surface area contributed by atoms with Gasteiger partial charge in [0, 0.05) is 6.42 Å². The van der Waals surface area contributed by atoms with Crippen LogP contribution in [0.4, 0.5) is 0 Å². The lowest BCUT2D eigenvalue weighted by atomic mass is 10.0. The minimum atomic E-state index is -0.287. The third-order valence-corrected chi connectivity index (χ3v) is 8.00. The highest BCUT2D eigenvalue weighted by molar-refractivity contribution is 5.69. The van der Waals surface area contributed by atoms with Crippen molar-refractivity contribution in [3.63, 3.8) is 0 Å². The van der Waals surface area contributed by atoms with Gasteiger partial charge in [-0.2, -0.15) is 0 Å². The maximum absolute atomic E-state index is 11.9. The van der Waals surface area contributed by atoms with E-state index in [1.165, 1.54) is 77.7 Å². The Labute approximate surface area is 327 Å². The summed E-state index contributed by atoms with van der Waals surface area (Å²) in [5, 5.41) is 0. The fourth-order valence-electron chi connectivity index (χ4n) is 4.91. The van der Waals surface area contributed by atoms with Crippen LogP contribution in [0.15, 0.2) is 0 Å². The highest BCUT2D eigenvalue weighted by Crippen LogP contribution is 2.13. The summed E-state index contributed by atoms with van der Waals surface area (Å²) >= 11 is 0. The van der Waals surface area contributed by atoms with E-state index in [0.717, 1.165) is 12.8 Å². The van der Waals surface area contributed by atoms with Crippen LogP contribution < -0.4 is 0 Å². The Morgan fingerprint density at radius 3 is 0.852 bits per heavy atom. The molecule has 14 nitrogen and oxygen atoms in total. The highest BCUT2D eigenvalue weighted by Gasteiger charge is 2.03. The normalized spacial score (nSPS) is 11.4. The summed E-state index contributed by atoms with van der Waals surface area (Å²) in [4.78, 5) is 22.8. The first-order chi connectivity index (χ1) is 26.7. The first-order valence-electron chi connectivity index (χ1n) is 20.7. The van der Waals surface area contributed by atoms with Gasteiger partial charge in [-0.25, -0.2) is 0 Å². The predicted molar refractivity (Wildman–Crippen MR) is 206 cm³/mol. The highest BCUT2D eigenvalue weighted by atomic mass is 16.6. The third kappa shape index (κ3) is 46.7. The fraction of sp³-hybridized carbons (Fsp3) is 0.950. The molecular weight excluding hydrogens is 704 g/mol. The molecule has 0 saturated heterocycles. The molecular formula is C40H78O14. The number of hydrogen-bond acceptors (Lipinski definition) is 14. The van der Waals surface area contributed by atoms with Crippen LogP contribution in [0.3, 0.4) is 0 Å². The summed E-state index contributed by atoms with van der Waals surface area (Å²) in [6.45, 7) is 11.8.